The number of rotatable bonds is 1. The average Bonchev–Trinajstić information content (AvgIpc) is 3.16. The van der Waals surface area contributed by atoms with E-state index in [1.54, 1.807) is 12.2 Å². The van der Waals surface area contributed by atoms with Gasteiger partial charge in [-0.1, -0.05) is 54.6 Å². The predicted molar refractivity (Wildman–Crippen MR) is 108 cm³/mol. The molecule has 0 fully saturated rings. The highest BCUT2D eigenvalue weighted by molar-refractivity contribution is 14.1. The van der Waals surface area contributed by atoms with Crippen LogP contribution >= 0.6 is 22.6 Å². The summed E-state index contributed by atoms with van der Waals surface area (Å²) in [6, 6.07) is 18.5. The van der Waals surface area contributed by atoms with Gasteiger partial charge in [-0.2, -0.15) is 0 Å². The summed E-state index contributed by atoms with van der Waals surface area (Å²) >= 11 is 2.40. The van der Waals surface area contributed by atoms with Crippen molar-refractivity contribution in [3.63, 3.8) is 0 Å². The van der Waals surface area contributed by atoms with E-state index < -0.39 is 5.41 Å². The number of carbonyl (C=O) groups is 1. The van der Waals surface area contributed by atoms with Crippen LogP contribution in [-0.2, 0) is 10.2 Å². The minimum atomic E-state index is -0.450. The number of halogens is 1. The molecule has 2 aliphatic rings. The molecule has 0 atom stereocenters. The number of hydrogen-bond donors (Lipinski definition) is 0. The number of benzene rings is 2. The monoisotopic (exact) mass is 436 g/mol. The summed E-state index contributed by atoms with van der Waals surface area (Å²) in [6.45, 7) is 0. The first-order valence-corrected chi connectivity index (χ1v) is 9.18. The van der Waals surface area contributed by atoms with E-state index in [0.29, 0.717) is 0 Å². The molecule has 25 heavy (non-hydrogen) atoms. The van der Waals surface area contributed by atoms with Crippen LogP contribution in [0.3, 0.4) is 0 Å². The number of carbonyl (C=O) groups excluding carboxylic acids is 1. The van der Waals surface area contributed by atoms with Crippen LogP contribution in [-0.4, -0.2) is 5.78 Å². The Balaban J connectivity index is 1.82. The van der Waals surface area contributed by atoms with E-state index in [4.69, 9.17) is 4.42 Å². The average molecular weight is 436 g/mol. The summed E-state index contributed by atoms with van der Waals surface area (Å²) < 4.78 is 7.36. The standard InChI is InChI=1S/C22H13IO2/c23-21-16-6-2-3-7-17(16)22(11-9-15(24)10-12-22)20(21)19-13-14-5-1-4-8-18(14)25-19/h1-13H. The van der Waals surface area contributed by atoms with Crippen LogP contribution < -0.4 is 0 Å². The summed E-state index contributed by atoms with van der Waals surface area (Å²) in [7, 11) is 0. The molecule has 3 aromatic rings. The molecule has 3 heteroatoms. The van der Waals surface area contributed by atoms with Gasteiger partial charge in [-0.3, -0.25) is 4.79 Å². The van der Waals surface area contributed by atoms with Gasteiger partial charge in [0, 0.05) is 14.5 Å². The van der Waals surface area contributed by atoms with Gasteiger partial charge in [0.05, 0.1) is 5.41 Å². The lowest BCUT2D eigenvalue weighted by atomic mass is 9.74. The first kappa shape index (κ1) is 14.9. The smallest absolute Gasteiger partial charge is 0.178 e. The van der Waals surface area contributed by atoms with Crippen molar-refractivity contribution < 1.29 is 9.21 Å². The fourth-order valence-corrected chi connectivity index (χ4v) is 4.97. The highest BCUT2D eigenvalue weighted by Crippen LogP contribution is 2.56. The van der Waals surface area contributed by atoms with Gasteiger partial charge < -0.3 is 4.42 Å². The van der Waals surface area contributed by atoms with Gasteiger partial charge in [-0.15, -0.1) is 0 Å². The van der Waals surface area contributed by atoms with E-state index in [9.17, 15) is 4.79 Å². The van der Waals surface area contributed by atoms with E-state index in [2.05, 4.69) is 46.9 Å². The molecule has 0 aliphatic heterocycles. The largest absolute Gasteiger partial charge is 0.456 e. The molecule has 1 aromatic heterocycles. The zero-order valence-electron chi connectivity index (χ0n) is 13.2. The van der Waals surface area contributed by atoms with Crippen molar-refractivity contribution in [1.82, 2.24) is 0 Å². The maximum atomic E-state index is 11.8. The lowest BCUT2D eigenvalue weighted by Crippen LogP contribution is -2.23. The Morgan fingerprint density at radius 3 is 2.44 bits per heavy atom. The summed E-state index contributed by atoms with van der Waals surface area (Å²) in [5.41, 5.74) is 3.91. The third-order valence-electron chi connectivity index (χ3n) is 4.94. The van der Waals surface area contributed by atoms with Gasteiger partial charge in [0.25, 0.3) is 0 Å². The molecule has 120 valence electrons. The summed E-state index contributed by atoms with van der Waals surface area (Å²) in [5.74, 6) is 0.874. The first-order valence-electron chi connectivity index (χ1n) is 8.10. The van der Waals surface area contributed by atoms with Crippen LogP contribution in [0.1, 0.15) is 16.9 Å². The van der Waals surface area contributed by atoms with Gasteiger partial charge in [-0.05, 0) is 58.0 Å². The Bertz CT molecular complexity index is 1080. The molecular weight excluding hydrogens is 423 g/mol. The molecular formula is C22H13IO2. The summed E-state index contributed by atoms with van der Waals surface area (Å²) in [5, 5.41) is 1.08. The van der Waals surface area contributed by atoms with Gasteiger partial charge in [0.1, 0.15) is 11.3 Å². The fourth-order valence-electron chi connectivity index (χ4n) is 3.79. The van der Waals surface area contributed by atoms with Crippen LogP contribution in [0.5, 0.6) is 0 Å². The van der Waals surface area contributed by atoms with Crippen molar-refractivity contribution in [1.29, 1.82) is 0 Å². The topological polar surface area (TPSA) is 30.2 Å². The van der Waals surface area contributed by atoms with Crippen LogP contribution in [0, 0.1) is 0 Å². The second kappa shape index (κ2) is 5.30. The molecule has 0 bridgehead atoms. The molecule has 0 unspecified atom stereocenters. The minimum Gasteiger partial charge on any atom is -0.456 e. The second-order valence-corrected chi connectivity index (χ2v) is 7.40. The third-order valence-corrected chi connectivity index (χ3v) is 6.06. The number of ketones is 1. The molecule has 0 N–H and O–H groups in total. The zero-order chi connectivity index (χ0) is 17.0. The SMILES string of the molecule is O=C1C=CC2(C=C1)C(c1cc3ccccc3o1)=C(I)c1ccccc12. The molecule has 5 rings (SSSR count). The molecule has 2 nitrogen and oxygen atoms in total. The quantitative estimate of drug-likeness (QED) is 0.460. The maximum Gasteiger partial charge on any atom is 0.178 e. The number of fused-ring (bicyclic) bond motifs is 3. The molecule has 0 saturated heterocycles. The molecule has 0 radical (unpaired) electrons. The van der Waals surface area contributed by atoms with Crippen molar-refractivity contribution in [3.05, 3.63) is 95.8 Å². The van der Waals surface area contributed by atoms with E-state index in [1.165, 1.54) is 11.1 Å². The van der Waals surface area contributed by atoms with Crippen LogP contribution in [0.25, 0.3) is 20.1 Å². The van der Waals surface area contributed by atoms with Gasteiger partial charge in [0.2, 0.25) is 0 Å². The second-order valence-electron chi connectivity index (χ2n) is 6.32. The van der Waals surface area contributed by atoms with E-state index in [1.807, 2.05) is 42.5 Å². The summed E-state index contributed by atoms with van der Waals surface area (Å²) in [6.07, 6.45) is 7.33. The minimum absolute atomic E-state index is 0.0222. The Morgan fingerprint density at radius 2 is 1.64 bits per heavy atom. The number of hydrogen-bond acceptors (Lipinski definition) is 2. The van der Waals surface area contributed by atoms with Crippen molar-refractivity contribution in [2.75, 3.05) is 0 Å². The van der Waals surface area contributed by atoms with Crippen molar-refractivity contribution >= 4 is 48.5 Å². The Labute approximate surface area is 158 Å². The Hall–Kier alpha value is -2.40. The van der Waals surface area contributed by atoms with Crippen molar-refractivity contribution in [2.45, 2.75) is 5.41 Å². The Morgan fingerprint density at radius 1 is 0.920 bits per heavy atom. The van der Waals surface area contributed by atoms with Gasteiger partial charge in [-0.25, -0.2) is 0 Å². The number of allylic oxidation sites excluding steroid dienone is 5. The highest BCUT2D eigenvalue weighted by Gasteiger charge is 2.44. The van der Waals surface area contributed by atoms with E-state index >= 15 is 0 Å². The predicted octanol–water partition coefficient (Wildman–Crippen LogP) is 5.68. The third kappa shape index (κ3) is 2.05. The van der Waals surface area contributed by atoms with Crippen LogP contribution in [0.4, 0.5) is 0 Å². The maximum absolute atomic E-state index is 11.8. The van der Waals surface area contributed by atoms with Crippen LogP contribution in [0.15, 0.2) is 83.3 Å². The molecule has 0 amide bonds. The molecule has 1 spiro atoms. The van der Waals surface area contributed by atoms with E-state index in [0.717, 1.165) is 25.9 Å². The van der Waals surface area contributed by atoms with Gasteiger partial charge in [0.15, 0.2) is 5.78 Å². The Kier molecular flexibility index (Phi) is 3.16. The fraction of sp³-hybridized carbons (Fsp3) is 0.0455. The lowest BCUT2D eigenvalue weighted by molar-refractivity contribution is -0.110. The number of para-hydroxylation sites is 1. The normalized spacial score (nSPS) is 17.7. The van der Waals surface area contributed by atoms with Crippen molar-refractivity contribution in [2.24, 2.45) is 0 Å². The van der Waals surface area contributed by atoms with Crippen molar-refractivity contribution in [3.8, 4) is 0 Å². The molecule has 2 aliphatic carbocycles. The highest BCUT2D eigenvalue weighted by atomic mass is 127. The molecule has 0 saturated carbocycles. The summed E-state index contributed by atoms with van der Waals surface area (Å²) in [4.78, 5) is 11.8. The lowest BCUT2D eigenvalue weighted by Gasteiger charge is -2.28. The molecule has 2 aromatic carbocycles. The zero-order valence-corrected chi connectivity index (χ0v) is 15.4. The molecule has 1 heterocycles. The number of furan rings is 1. The first-order chi connectivity index (χ1) is 12.2. The van der Waals surface area contributed by atoms with E-state index in [-0.39, 0.29) is 5.78 Å². The van der Waals surface area contributed by atoms with Crippen LogP contribution in [0.2, 0.25) is 0 Å². The van der Waals surface area contributed by atoms with Gasteiger partial charge >= 0.3 is 0 Å².